The zero-order valence-electron chi connectivity index (χ0n) is 8.58. The summed E-state index contributed by atoms with van der Waals surface area (Å²) in [5, 5.41) is 21.1. The van der Waals surface area contributed by atoms with Gasteiger partial charge >= 0.3 is 0 Å². The number of nitrogens with one attached hydrogen (secondary N) is 1. The Morgan fingerprint density at radius 1 is 1.54 bits per heavy atom. The molecule has 0 saturated heterocycles. The highest BCUT2D eigenvalue weighted by Gasteiger charge is 2.33. The summed E-state index contributed by atoms with van der Waals surface area (Å²) >= 11 is 0. The molecular weight excluding hydrogens is 166 g/mol. The average molecular weight is 187 g/mol. The first-order valence-electron chi connectivity index (χ1n) is 5.08. The van der Waals surface area contributed by atoms with Crippen molar-refractivity contribution in [3.8, 4) is 0 Å². The van der Waals surface area contributed by atoms with E-state index >= 15 is 0 Å². The van der Waals surface area contributed by atoms with E-state index in [0.29, 0.717) is 18.0 Å². The second-order valence-electron chi connectivity index (χ2n) is 4.68. The van der Waals surface area contributed by atoms with Gasteiger partial charge in [-0.2, -0.15) is 0 Å². The van der Waals surface area contributed by atoms with Gasteiger partial charge in [-0.1, -0.05) is 20.3 Å². The third kappa shape index (κ3) is 2.93. The number of rotatable bonds is 4. The molecule has 1 rings (SSSR count). The van der Waals surface area contributed by atoms with Crippen molar-refractivity contribution in [3.05, 3.63) is 0 Å². The zero-order chi connectivity index (χ0) is 9.90. The monoisotopic (exact) mass is 187 g/mol. The first kappa shape index (κ1) is 11.0. The fraction of sp³-hybridized carbons (Fsp3) is 1.00. The Labute approximate surface area is 80.2 Å². The third-order valence-corrected chi connectivity index (χ3v) is 3.07. The predicted molar refractivity (Wildman–Crippen MR) is 52.5 cm³/mol. The number of aliphatic hydroxyl groups excluding tert-OH is 2. The molecule has 1 aliphatic rings. The minimum absolute atomic E-state index is 0.153. The highest BCUT2D eigenvalue weighted by Crippen LogP contribution is 2.36. The molecule has 0 radical (unpaired) electrons. The van der Waals surface area contributed by atoms with Crippen molar-refractivity contribution in [1.82, 2.24) is 5.32 Å². The van der Waals surface area contributed by atoms with E-state index in [4.69, 9.17) is 5.11 Å². The molecule has 0 amide bonds. The lowest BCUT2D eigenvalue weighted by atomic mass is 9.87. The standard InChI is InChI=1S/C10H21NO2/c1-10(2)5-3-4-9(10)11-6-8(13)7-12/h8-9,11-13H,3-7H2,1-2H3/t8-,9?/m0/s1. The van der Waals surface area contributed by atoms with Crippen LogP contribution in [-0.4, -0.2) is 35.5 Å². The van der Waals surface area contributed by atoms with Gasteiger partial charge in [-0.25, -0.2) is 0 Å². The molecule has 2 atom stereocenters. The normalized spacial score (nSPS) is 29.1. The van der Waals surface area contributed by atoms with Crippen LogP contribution in [0.2, 0.25) is 0 Å². The molecule has 0 aromatic heterocycles. The summed E-state index contributed by atoms with van der Waals surface area (Å²) in [5.74, 6) is 0. The molecule has 1 fully saturated rings. The molecule has 0 heterocycles. The number of hydrogen-bond acceptors (Lipinski definition) is 3. The molecule has 0 aromatic carbocycles. The van der Waals surface area contributed by atoms with Gasteiger partial charge < -0.3 is 15.5 Å². The summed E-state index contributed by atoms with van der Waals surface area (Å²) in [5.41, 5.74) is 0.342. The maximum atomic E-state index is 9.18. The minimum atomic E-state index is -0.614. The van der Waals surface area contributed by atoms with E-state index < -0.39 is 6.10 Å². The quantitative estimate of drug-likeness (QED) is 0.601. The van der Waals surface area contributed by atoms with Crippen molar-refractivity contribution in [2.24, 2.45) is 5.41 Å². The lowest BCUT2D eigenvalue weighted by molar-refractivity contribution is 0.0876. The van der Waals surface area contributed by atoms with Crippen LogP contribution in [0.25, 0.3) is 0 Å². The van der Waals surface area contributed by atoms with Gasteiger partial charge in [0.05, 0.1) is 12.7 Å². The summed E-state index contributed by atoms with van der Waals surface area (Å²) in [4.78, 5) is 0. The van der Waals surface area contributed by atoms with Crippen LogP contribution < -0.4 is 5.32 Å². The van der Waals surface area contributed by atoms with Gasteiger partial charge in [0.15, 0.2) is 0 Å². The molecular formula is C10H21NO2. The second-order valence-corrected chi connectivity index (χ2v) is 4.68. The van der Waals surface area contributed by atoms with Crippen molar-refractivity contribution in [2.45, 2.75) is 45.3 Å². The Hall–Kier alpha value is -0.120. The van der Waals surface area contributed by atoms with Crippen LogP contribution in [0.5, 0.6) is 0 Å². The smallest absolute Gasteiger partial charge is 0.0895 e. The molecule has 1 aliphatic carbocycles. The Morgan fingerprint density at radius 3 is 2.69 bits per heavy atom. The molecule has 0 bridgehead atoms. The fourth-order valence-corrected chi connectivity index (χ4v) is 2.05. The second kappa shape index (κ2) is 4.40. The summed E-state index contributed by atoms with van der Waals surface area (Å²) in [6, 6.07) is 0.494. The van der Waals surface area contributed by atoms with Crippen molar-refractivity contribution in [1.29, 1.82) is 0 Å². The highest BCUT2D eigenvalue weighted by molar-refractivity contribution is 4.90. The number of hydrogen-bond donors (Lipinski definition) is 3. The lowest BCUT2D eigenvalue weighted by Gasteiger charge is -2.28. The first-order valence-corrected chi connectivity index (χ1v) is 5.08. The van der Waals surface area contributed by atoms with Gasteiger partial charge in [0.1, 0.15) is 0 Å². The van der Waals surface area contributed by atoms with Gasteiger partial charge in [-0.3, -0.25) is 0 Å². The molecule has 1 unspecified atom stereocenters. The molecule has 0 spiro atoms. The molecule has 78 valence electrons. The van der Waals surface area contributed by atoms with Gasteiger partial charge in [0.25, 0.3) is 0 Å². The van der Waals surface area contributed by atoms with Crippen molar-refractivity contribution in [3.63, 3.8) is 0 Å². The molecule has 3 N–H and O–H groups in total. The maximum Gasteiger partial charge on any atom is 0.0895 e. The van der Waals surface area contributed by atoms with E-state index in [0.717, 1.165) is 0 Å². The topological polar surface area (TPSA) is 52.5 Å². The molecule has 3 nitrogen and oxygen atoms in total. The summed E-state index contributed by atoms with van der Waals surface area (Å²) in [7, 11) is 0. The van der Waals surface area contributed by atoms with Gasteiger partial charge in [0, 0.05) is 12.6 Å². The van der Waals surface area contributed by atoms with Gasteiger partial charge in [-0.15, -0.1) is 0 Å². The average Bonchev–Trinajstić information content (AvgIpc) is 2.41. The maximum absolute atomic E-state index is 9.18. The summed E-state index contributed by atoms with van der Waals surface area (Å²) < 4.78 is 0. The molecule has 1 saturated carbocycles. The van der Waals surface area contributed by atoms with Crippen LogP contribution in [0.4, 0.5) is 0 Å². The Kier molecular flexibility index (Phi) is 3.71. The summed E-state index contributed by atoms with van der Waals surface area (Å²) in [6.45, 7) is 4.86. The van der Waals surface area contributed by atoms with Crippen LogP contribution in [-0.2, 0) is 0 Å². The summed E-state index contributed by atoms with van der Waals surface area (Å²) in [6.07, 6.45) is 3.08. The van der Waals surface area contributed by atoms with Crippen LogP contribution in [0, 0.1) is 5.41 Å². The molecule has 3 heteroatoms. The van der Waals surface area contributed by atoms with E-state index in [1.54, 1.807) is 0 Å². The largest absolute Gasteiger partial charge is 0.394 e. The van der Waals surface area contributed by atoms with Crippen LogP contribution in [0.15, 0.2) is 0 Å². The molecule has 13 heavy (non-hydrogen) atoms. The lowest BCUT2D eigenvalue weighted by Crippen LogP contribution is -2.42. The number of aliphatic hydroxyl groups is 2. The minimum Gasteiger partial charge on any atom is -0.394 e. The van der Waals surface area contributed by atoms with E-state index in [-0.39, 0.29) is 6.61 Å². The highest BCUT2D eigenvalue weighted by atomic mass is 16.3. The SMILES string of the molecule is CC1(C)CCCC1NC[C@H](O)CO. The van der Waals surface area contributed by atoms with E-state index in [2.05, 4.69) is 19.2 Å². The van der Waals surface area contributed by atoms with Crippen molar-refractivity contribution in [2.75, 3.05) is 13.2 Å². The van der Waals surface area contributed by atoms with Crippen molar-refractivity contribution >= 4 is 0 Å². The van der Waals surface area contributed by atoms with Crippen LogP contribution in [0.1, 0.15) is 33.1 Å². The van der Waals surface area contributed by atoms with E-state index in [1.807, 2.05) is 0 Å². The van der Waals surface area contributed by atoms with Crippen LogP contribution >= 0.6 is 0 Å². The van der Waals surface area contributed by atoms with E-state index in [9.17, 15) is 5.11 Å². The van der Waals surface area contributed by atoms with Gasteiger partial charge in [-0.05, 0) is 18.3 Å². The van der Waals surface area contributed by atoms with Crippen LogP contribution in [0.3, 0.4) is 0 Å². The van der Waals surface area contributed by atoms with E-state index in [1.165, 1.54) is 19.3 Å². The Bertz CT molecular complexity index is 159. The third-order valence-electron chi connectivity index (χ3n) is 3.07. The fourth-order valence-electron chi connectivity index (χ4n) is 2.05. The zero-order valence-corrected chi connectivity index (χ0v) is 8.58. The Morgan fingerprint density at radius 2 is 2.23 bits per heavy atom. The molecule has 0 aliphatic heterocycles. The van der Waals surface area contributed by atoms with Crippen molar-refractivity contribution < 1.29 is 10.2 Å². The molecule has 0 aromatic rings. The predicted octanol–water partition coefficient (Wildman–Crippen LogP) is 0.508. The van der Waals surface area contributed by atoms with Gasteiger partial charge in [0.2, 0.25) is 0 Å². The Balaban J connectivity index is 2.28. The first-order chi connectivity index (χ1) is 6.06.